The molecule has 1 aromatic heterocycles. The van der Waals surface area contributed by atoms with Crippen LogP contribution < -0.4 is 10.6 Å². The minimum atomic E-state index is -0.390. The molecule has 2 amide bonds. The predicted molar refractivity (Wildman–Crippen MR) is 68.9 cm³/mol. The summed E-state index contributed by atoms with van der Waals surface area (Å²) >= 11 is 0. The number of amides is 2. The Balaban J connectivity index is 2.15. The summed E-state index contributed by atoms with van der Waals surface area (Å²) in [5, 5.41) is 11.8. The number of carbonyl (C=O) groups excluding carboxylic acids is 2. The van der Waals surface area contributed by atoms with Gasteiger partial charge in [-0.3, -0.25) is 14.7 Å². The van der Waals surface area contributed by atoms with Gasteiger partial charge in [-0.15, -0.1) is 0 Å². The van der Waals surface area contributed by atoms with E-state index in [0.717, 1.165) is 0 Å². The summed E-state index contributed by atoms with van der Waals surface area (Å²) in [5.41, 5.74) is 0.262. The Morgan fingerprint density at radius 3 is 2.67 bits per heavy atom. The van der Waals surface area contributed by atoms with Gasteiger partial charge in [-0.2, -0.15) is 5.10 Å². The van der Waals surface area contributed by atoms with Gasteiger partial charge in [-0.05, 0) is 6.42 Å². The SMILES string of the molecule is CC(C)(C)C(=O)NCCCC(=O)Nc1cn[nH]c1. The van der Waals surface area contributed by atoms with Crippen molar-refractivity contribution in [1.29, 1.82) is 0 Å². The highest BCUT2D eigenvalue weighted by atomic mass is 16.2. The van der Waals surface area contributed by atoms with Crippen molar-refractivity contribution in [2.45, 2.75) is 33.6 Å². The lowest BCUT2D eigenvalue weighted by Crippen LogP contribution is -2.35. The molecule has 0 radical (unpaired) electrons. The van der Waals surface area contributed by atoms with Crippen LogP contribution in [0.3, 0.4) is 0 Å². The van der Waals surface area contributed by atoms with Gasteiger partial charge in [0.15, 0.2) is 0 Å². The monoisotopic (exact) mass is 252 g/mol. The average Bonchev–Trinajstić information content (AvgIpc) is 2.75. The molecule has 0 spiro atoms. The highest BCUT2D eigenvalue weighted by Gasteiger charge is 2.20. The van der Waals surface area contributed by atoms with Crippen LogP contribution in [0.4, 0.5) is 5.69 Å². The van der Waals surface area contributed by atoms with Crippen LogP contribution in [0.5, 0.6) is 0 Å². The van der Waals surface area contributed by atoms with E-state index in [1.807, 2.05) is 20.8 Å². The number of rotatable bonds is 5. The molecule has 0 aliphatic rings. The number of H-pyrrole nitrogens is 1. The molecule has 0 aliphatic carbocycles. The van der Waals surface area contributed by atoms with E-state index in [-0.39, 0.29) is 17.2 Å². The number of nitrogens with one attached hydrogen (secondary N) is 3. The van der Waals surface area contributed by atoms with Crippen molar-refractivity contribution >= 4 is 17.5 Å². The van der Waals surface area contributed by atoms with E-state index in [2.05, 4.69) is 20.8 Å². The lowest BCUT2D eigenvalue weighted by molar-refractivity contribution is -0.128. The minimum Gasteiger partial charge on any atom is -0.356 e. The lowest BCUT2D eigenvalue weighted by atomic mass is 9.96. The van der Waals surface area contributed by atoms with Crippen LogP contribution in [0.2, 0.25) is 0 Å². The fraction of sp³-hybridized carbons (Fsp3) is 0.583. The molecule has 1 heterocycles. The van der Waals surface area contributed by atoms with Crippen LogP contribution >= 0.6 is 0 Å². The quantitative estimate of drug-likeness (QED) is 0.690. The van der Waals surface area contributed by atoms with E-state index in [1.54, 1.807) is 12.4 Å². The molecule has 0 saturated carbocycles. The van der Waals surface area contributed by atoms with Crippen molar-refractivity contribution in [3.8, 4) is 0 Å². The second kappa shape index (κ2) is 6.18. The van der Waals surface area contributed by atoms with Crippen molar-refractivity contribution < 1.29 is 9.59 Å². The standard InChI is InChI=1S/C12H20N4O2/c1-12(2,3)11(18)13-6-4-5-10(17)16-9-7-14-15-8-9/h7-8H,4-6H2,1-3H3,(H,13,18)(H,14,15)(H,16,17). The maximum absolute atomic E-state index is 11.5. The number of aromatic amines is 1. The van der Waals surface area contributed by atoms with Gasteiger partial charge in [-0.1, -0.05) is 20.8 Å². The molecule has 1 aromatic rings. The molecule has 0 unspecified atom stereocenters. The molecule has 0 aromatic carbocycles. The van der Waals surface area contributed by atoms with Crippen LogP contribution in [-0.2, 0) is 9.59 Å². The first-order valence-electron chi connectivity index (χ1n) is 5.96. The number of aromatic nitrogens is 2. The molecule has 3 N–H and O–H groups in total. The normalized spacial score (nSPS) is 11.1. The van der Waals surface area contributed by atoms with E-state index in [9.17, 15) is 9.59 Å². The first kappa shape index (κ1) is 14.2. The number of nitrogens with zero attached hydrogens (tertiary/aromatic N) is 1. The van der Waals surface area contributed by atoms with Crippen LogP contribution in [-0.4, -0.2) is 28.6 Å². The van der Waals surface area contributed by atoms with Gasteiger partial charge in [0, 0.05) is 24.6 Å². The Bertz CT molecular complexity index is 393. The fourth-order valence-electron chi connectivity index (χ4n) is 1.26. The van der Waals surface area contributed by atoms with E-state index >= 15 is 0 Å². The van der Waals surface area contributed by atoms with Crippen molar-refractivity contribution in [3.05, 3.63) is 12.4 Å². The zero-order valence-corrected chi connectivity index (χ0v) is 11.0. The van der Waals surface area contributed by atoms with Crippen LogP contribution in [0.25, 0.3) is 0 Å². The summed E-state index contributed by atoms with van der Waals surface area (Å²) in [5.74, 6) is -0.0841. The van der Waals surface area contributed by atoms with Gasteiger partial charge in [0.2, 0.25) is 11.8 Å². The minimum absolute atomic E-state index is 0.00209. The fourth-order valence-corrected chi connectivity index (χ4v) is 1.26. The second-order valence-electron chi connectivity index (χ2n) is 5.14. The summed E-state index contributed by atoms with van der Waals surface area (Å²) in [6.07, 6.45) is 4.14. The Hall–Kier alpha value is -1.85. The molecule has 0 fully saturated rings. The molecular weight excluding hydrogens is 232 g/mol. The third-order valence-corrected chi connectivity index (χ3v) is 2.33. The number of hydrogen-bond donors (Lipinski definition) is 3. The third-order valence-electron chi connectivity index (χ3n) is 2.33. The summed E-state index contributed by atoms with van der Waals surface area (Å²) in [7, 11) is 0. The maximum atomic E-state index is 11.5. The van der Waals surface area contributed by atoms with Gasteiger partial charge in [0.25, 0.3) is 0 Å². The first-order valence-corrected chi connectivity index (χ1v) is 5.96. The number of carbonyl (C=O) groups is 2. The Morgan fingerprint density at radius 1 is 1.39 bits per heavy atom. The molecule has 100 valence electrons. The second-order valence-corrected chi connectivity index (χ2v) is 5.14. The van der Waals surface area contributed by atoms with Gasteiger partial charge in [0.05, 0.1) is 11.9 Å². The topological polar surface area (TPSA) is 86.9 Å². The van der Waals surface area contributed by atoms with E-state index in [4.69, 9.17) is 0 Å². The first-order chi connectivity index (χ1) is 8.39. The van der Waals surface area contributed by atoms with Gasteiger partial charge in [-0.25, -0.2) is 0 Å². The van der Waals surface area contributed by atoms with E-state index in [1.165, 1.54) is 0 Å². The zero-order chi connectivity index (χ0) is 13.6. The molecule has 0 atom stereocenters. The van der Waals surface area contributed by atoms with Gasteiger partial charge in [0.1, 0.15) is 0 Å². The zero-order valence-electron chi connectivity index (χ0n) is 11.0. The molecule has 0 bridgehead atoms. The number of hydrogen-bond acceptors (Lipinski definition) is 3. The lowest BCUT2D eigenvalue weighted by Gasteiger charge is -2.17. The molecule has 1 rings (SSSR count). The van der Waals surface area contributed by atoms with Crippen molar-refractivity contribution in [2.75, 3.05) is 11.9 Å². The van der Waals surface area contributed by atoms with Crippen LogP contribution in [0, 0.1) is 5.41 Å². The van der Waals surface area contributed by atoms with Gasteiger partial charge >= 0.3 is 0 Å². The van der Waals surface area contributed by atoms with Gasteiger partial charge < -0.3 is 10.6 Å². The highest BCUT2D eigenvalue weighted by molar-refractivity contribution is 5.90. The summed E-state index contributed by atoms with van der Waals surface area (Å²) < 4.78 is 0. The average molecular weight is 252 g/mol. The largest absolute Gasteiger partial charge is 0.356 e. The molecule has 0 aliphatic heterocycles. The summed E-state index contributed by atoms with van der Waals surface area (Å²) in [6.45, 7) is 6.07. The predicted octanol–water partition coefficient (Wildman–Crippen LogP) is 1.29. The maximum Gasteiger partial charge on any atom is 0.225 e. The Labute approximate surface area is 107 Å². The highest BCUT2D eigenvalue weighted by Crippen LogP contribution is 2.12. The molecule has 0 saturated heterocycles. The molecule has 6 heteroatoms. The summed E-state index contributed by atoms with van der Waals surface area (Å²) in [4.78, 5) is 23.0. The number of anilines is 1. The molecular formula is C12H20N4O2. The third kappa shape index (κ3) is 4.99. The van der Waals surface area contributed by atoms with Crippen molar-refractivity contribution in [1.82, 2.24) is 15.5 Å². The van der Waals surface area contributed by atoms with Crippen molar-refractivity contribution in [2.24, 2.45) is 5.41 Å². The van der Waals surface area contributed by atoms with E-state index in [0.29, 0.717) is 25.1 Å². The van der Waals surface area contributed by atoms with Crippen molar-refractivity contribution in [3.63, 3.8) is 0 Å². The Kier molecular flexibility index (Phi) is 4.88. The Morgan fingerprint density at radius 2 is 2.11 bits per heavy atom. The van der Waals surface area contributed by atoms with Crippen LogP contribution in [0.15, 0.2) is 12.4 Å². The molecule has 6 nitrogen and oxygen atoms in total. The smallest absolute Gasteiger partial charge is 0.225 e. The van der Waals surface area contributed by atoms with E-state index < -0.39 is 0 Å². The summed E-state index contributed by atoms with van der Waals surface area (Å²) in [6, 6.07) is 0. The van der Waals surface area contributed by atoms with Crippen LogP contribution in [0.1, 0.15) is 33.6 Å². The molecule has 18 heavy (non-hydrogen) atoms.